The Morgan fingerprint density at radius 3 is 2.72 bits per heavy atom. The first-order valence-corrected chi connectivity index (χ1v) is 7.22. The summed E-state index contributed by atoms with van der Waals surface area (Å²) < 4.78 is 0.880. The van der Waals surface area contributed by atoms with E-state index in [1.807, 2.05) is 6.07 Å². The van der Waals surface area contributed by atoms with Crippen LogP contribution in [0.25, 0.3) is 0 Å². The summed E-state index contributed by atoms with van der Waals surface area (Å²) in [5.74, 6) is -0.881. The van der Waals surface area contributed by atoms with Crippen LogP contribution in [0.5, 0.6) is 0 Å². The summed E-state index contributed by atoms with van der Waals surface area (Å²) in [7, 11) is 0. The fourth-order valence-corrected chi connectivity index (χ4v) is 2.69. The van der Waals surface area contributed by atoms with Crippen molar-refractivity contribution in [1.29, 1.82) is 0 Å². The van der Waals surface area contributed by atoms with Gasteiger partial charge in [0.1, 0.15) is 0 Å². The lowest BCUT2D eigenvalue weighted by Crippen LogP contribution is -2.27. The number of benzene rings is 1. The SMILES string of the molecule is CCCCN(c1ccc(C(=O)O)cc1Br)C1CC1. The first kappa shape index (κ1) is 13.4. The Bertz CT molecular complexity index is 443. The number of hydrogen-bond acceptors (Lipinski definition) is 2. The van der Waals surface area contributed by atoms with E-state index >= 15 is 0 Å². The van der Waals surface area contributed by atoms with Crippen LogP contribution in [0, 0.1) is 0 Å². The van der Waals surface area contributed by atoms with Crippen LogP contribution in [0.2, 0.25) is 0 Å². The summed E-state index contributed by atoms with van der Waals surface area (Å²) in [6.07, 6.45) is 4.84. The Hall–Kier alpha value is -1.03. The average Bonchev–Trinajstić information content (AvgIpc) is 3.15. The van der Waals surface area contributed by atoms with Gasteiger partial charge in [-0.2, -0.15) is 0 Å². The van der Waals surface area contributed by atoms with Crippen molar-refractivity contribution in [3.63, 3.8) is 0 Å². The molecule has 18 heavy (non-hydrogen) atoms. The molecule has 0 unspecified atom stereocenters. The molecule has 0 atom stereocenters. The fourth-order valence-electron chi connectivity index (χ4n) is 2.09. The van der Waals surface area contributed by atoms with Crippen molar-refractivity contribution < 1.29 is 9.90 Å². The predicted octanol–water partition coefficient (Wildman–Crippen LogP) is 3.92. The maximum absolute atomic E-state index is 10.9. The molecule has 1 saturated carbocycles. The Balaban J connectivity index is 2.21. The van der Waals surface area contributed by atoms with Crippen molar-refractivity contribution in [3.05, 3.63) is 28.2 Å². The van der Waals surface area contributed by atoms with Gasteiger partial charge in [0.05, 0.1) is 11.3 Å². The number of carboxylic acids is 1. The van der Waals surface area contributed by atoms with Gasteiger partial charge in [0, 0.05) is 17.1 Å². The summed E-state index contributed by atoms with van der Waals surface area (Å²) in [6, 6.07) is 5.94. The lowest BCUT2D eigenvalue weighted by Gasteiger charge is -2.26. The summed E-state index contributed by atoms with van der Waals surface area (Å²) in [6.45, 7) is 3.24. The Morgan fingerprint density at radius 2 is 2.22 bits per heavy atom. The van der Waals surface area contributed by atoms with Gasteiger partial charge >= 0.3 is 5.97 Å². The normalized spacial score (nSPS) is 14.6. The minimum Gasteiger partial charge on any atom is -0.478 e. The number of rotatable bonds is 6. The second kappa shape index (κ2) is 5.74. The van der Waals surface area contributed by atoms with E-state index in [0.29, 0.717) is 11.6 Å². The highest BCUT2D eigenvalue weighted by Crippen LogP contribution is 2.36. The molecule has 0 aliphatic heterocycles. The Labute approximate surface area is 116 Å². The molecular weight excluding hydrogens is 294 g/mol. The van der Waals surface area contributed by atoms with E-state index in [1.165, 1.54) is 25.7 Å². The van der Waals surface area contributed by atoms with E-state index in [4.69, 9.17) is 5.11 Å². The third kappa shape index (κ3) is 3.05. The summed E-state index contributed by atoms with van der Waals surface area (Å²) in [5, 5.41) is 8.97. The quantitative estimate of drug-likeness (QED) is 0.865. The van der Waals surface area contributed by atoms with Crippen LogP contribution in [-0.4, -0.2) is 23.7 Å². The molecule has 1 aliphatic carbocycles. The van der Waals surface area contributed by atoms with Crippen LogP contribution in [0.3, 0.4) is 0 Å². The minimum atomic E-state index is -0.881. The smallest absolute Gasteiger partial charge is 0.335 e. The molecule has 3 nitrogen and oxygen atoms in total. The molecule has 1 aromatic carbocycles. The third-order valence-corrected chi connectivity index (χ3v) is 3.88. The molecule has 0 radical (unpaired) electrons. The largest absolute Gasteiger partial charge is 0.478 e. The number of unbranched alkanes of at least 4 members (excludes halogenated alkanes) is 1. The van der Waals surface area contributed by atoms with Crippen LogP contribution in [0.4, 0.5) is 5.69 Å². The summed E-state index contributed by atoms with van der Waals surface area (Å²) >= 11 is 3.50. The fraction of sp³-hybridized carbons (Fsp3) is 0.500. The zero-order valence-electron chi connectivity index (χ0n) is 10.5. The zero-order chi connectivity index (χ0) is 13.1. The van der Waals surface area contributed by atoms with Crippen LogP contribution in [0.1, 0.15) is 43.0 Å². The van der Waals surface area contributed by atoms with E-state index in [9.17, 15) is 4.79 Å². The molecule has 1 aromatic rings. The van der Waals surface area contributed by atoms with E-state index in [2.05, 4.69) is 27.8 Å². The van der Waals surface area contributed by atoms with Gasteiger partial charge in [-0.15, -0.1) is 0 Å². The molecule has 0 saturated heterocycles. The van der Waals surface area contributed by atoms with Gasteiger partial charge in [-0.1, -0.05) is 13.3 Å². The summed E-state index contributed by atoms with van der Waals surface area (Å²) in [4.78, 5) is 13.3. The van der Waals surface area contributed by atoms with Gasteiger partial charge in [-0.05, 0) is 53.4 Å². The second-order valence-corrected chi connectivity index (χ2v) is 5.60. The Morgan fingerprint density at radius 1 is 1.50 bits per heavy atom. The van der Waals surface area contributed by atoms with Gasteiger partial charge in [-0.3, -0.25) is 0 Å². The van der Waals surface area contributed by atoms with E-state index in [-0.39, 0.29) is 0 Å². The monoisotopic (exact) mass is 311 g/mol. The van der Waals surface area contributed by atoms with Crippen molar-refractivity contribution in [1.82, 2.24) is 0 Å². The summed E-state index contributed by atoms with van der Waals surface area (Å²) in [5.41, 5.74) is 1.45. The van der Waals surface area contributed by atoms with Gasteiger partial charge in [-0.25, -0.2) is 4.79 Å². The molecule has 98 valence electrons. The van der Waals surface area contributed by atoms with Gasteiger partial charge in [0.25, 0.3) is 0 Å². The molecule has 1 aliphatic rings. The van der Waals surface area contributed by atoms with Crippen molar-refractivity contribution in [2.75, 3.05) is 11.4 Å². The minimum absolute atomic E-state index is 0.330. The maximum Gasteiger partial charge on any atom is 0.335 e. The number of halogens is 1. The molecule has 2 rings (SSSR count). The van der Waals surface area contributed by atoms with Crippen LogP contribution >= 0.6 is 15.9 Å². The average molecular weight is 312 g/mol. The van der Waals surface area contributed by atoms with E-state index in [1.54, 1.807) is 12.1 Å². The molecule has 0 bridgehead atoms. The van der Waals surface area contributed by atoms with Crippen molar-refractivity contribution in [3.8, 4) is 0 Å². The van der Waals surface area contributed by atoms with Crippen LogP contribution < -0.4 is 4.90 Å². The number of carbonyl (C=O) groups is 1. The predicted molar refractivity (Wildman–Crippen MR) is 76.4 cm³/mol. The lowest BCUT2D eigenvalue weighted by molar-refractivity contribution is 0.0697. The number of carboxylic acid groups (broad SMARTS) is 1. The topological polar surface area (TPSA) is 40.5 Å². The molecule has 0 heterocycles. The number of aromatic carboxylic acids is 1. The molecule has 1 fully saturated rings. The van der Waals surface area contributed by atoms with Gasteiger partial charge in [0.15, 0.2) is 0 Å². The first-order chi connectivity index (χ1) is 8.63. The highest BCUT2D eigenvalue weighted by Gasteiger charge is 2.29. The Kier molecular flexibility index (Phi) is 4.27. The number of anilines is 1. The number of nitrogens with zero attached hydrogens (tertiary/aromatic N) is 1. The standard InChI is InChI=1S/C14H18BrNO2/c1-2-3-8-16(11-5-6-11)13-7-4-10(14(17)18)9-12(13)15/h4,7,9,11H,2-3,5-6,8H2,1H3,(H,17,18). The van der Waals surface area contributed by atoms with Crippen LogP contribution in [0.15, 0.2) is 22.7 Å². The first-order valence-electron chi connectivity index (χ1n) is 6.43. The highest BCUT2D eigenvalue weighted by molar-refractivity contribution is 9.10. The van der Waals surface area contributed by atoms with Crippen LogP contribution in [-0.2, 0) is 0 Å². The van der Waals surface area contributed by atoms with Crippen molar-refractivity contribution >= 4 is 27.6 Å². The molecule has 0 aromatic heterocycles. The lowest BCUT2D eigenvalue weighted by atomic mass is 10.2. The van der Waals surface area contributed by atoms with Crippen molar-refractivity contribution in [2.45, 2.75) is 38.6 Å². The zero-order valence-corrected chi connectivity index (χ0v) is 12.1. The number of hydrogen-bond donors (Lipinski definition) is 1. The molecule has 0 amide bonds. The third-order valence-electron chi connectivity index (χ3n) is 3.24. The molecule has 0 spiro atoms. The van der Waals surface area contributed by atoms with Gasteiger partial charge < -0.3 is 10.0 Å². The molecule has 1 N–H and O–H groups in total. The molecule has 4 heteroatoms. The van der Waals surface area contributed by atoms with Crippen molar-refractivity contribution in [2.24, 2.45) is 0 Å². The molecular formula is C14H18BrNO2. The maximum atomic E-state index is 10.9. The van der Waals surface area contributed by atoms with E-state index < -0.39 is 5.97 Å². The van der Waals surface area contributed by atoms with E-state index in [0.717, 1.165) is 16.7 Å². The second-order valence-electron chi connectivity index (χ2n) is 4.75. The van der Waals surface area contributed by atoms with Gasteiger partial charge in [0.2, 0.25) is 0 Å². The highest BCUT2D eigenvalue weighted by atomic mass is 79.9.